The second-order valence-corrected chi connectivity index (χ2v) is 7.63. The van der Waals surface area contributed by atoms with Crippen molar-refractivity contribution in [1.29, 1.82) is 0 Å². The van der Waals surface area contributed by atoms with E-state index < -0.39 is 5.79 Å². The quantitative estimate of drug-likeness (QED) is 0.178. The number of hydrogen-bond donors (Lipinski definition) is 0. The second-order valence-electron chi connectivity index (χ2n) is 7.63. The van der Waals surface area contributed by atoms with Crippen LogP contribution < -0.4 is 0 Å². The summed E-state index contributed by atoms with van der Waals surface area (Å²) in [6.45, 7) is 6.73. The first-order chi connectivity index (χ1) is 13.2. The highest BCUT2D eigenvalue weighted by atomic mass is 16.7. The first-order valence-corrected chi connectivity index (χ1v) is 11.0. The maximum atomic E-state index is 6.21. The molecule has 0 bridgehead atoms. The highest BCUT2D eigenvalue weighted by Crippen LogP contribution is 2.51. The van der Waals surface area contributed by atoms with Crippen molar-refractivity contribution >= 4 is 0 Å². The Morgan fingerprint density at radius 2 is 1.41 bits per heavy atom. The van der Waals surface area contributed by atoms with Crippen LogP contribution in [0.3, 0.4) is 0 Å². The third-order valence-electron chi connectivity index (χ3n) is 5.73. The van der Waals surface area contributed by atoms with Crippen molar-refractivity contribution in [2.45, 2.75) is 90.8 Å². The molecular formula is C25H42O2. The largest absolute Gasteiger partial charge is 0.349 e. The summed E-state index contributed by atoms with van der Waals surface area (Å²) >= 11 is 0. The number of rotatable bonds is 15. The fourth-order valence-corrected chi connectivity index (χ4v) is 4.41. The van der Waals surface area contributed by atoms with Gasteiger partial charge in [-0.15, -0.1) is 0 Å². The maximum absolute atomic E-state index is 6.21. The van der Waals surface area contributed by atoms with Crippen LogP contribution in [0.4, 0.5) is 0 Å². The van der Waals surface area contributed by atoms with Crippen LogP contribution >= 0.6 is 0 Å². The van der Waals surface area contributed by atoms with Crippen molar-refractivity contribution < 1.29 is 9.47 Å². The number of hydrogen-bond acceptors (Lipinski definition) is 2. The summed E-state index contributed by atoms with van der Waals surface area (Å²) in [6.07, 6.45) is 16.8. The lowest BCUT2D eigenvalue weighted by Crippen LogP contribution is -2.48. The van der Waals surface area contributed by atoms with Gasteiger partial charge >= 0.3 is 0 Å². The minimum Gasteiger partial charge on any atom is -0.349 e. The Balaban J connectivity index is 3.20. The van der Waals surface area contributed by atoms with Crippen LogP contribution in [0.1, 0.15) is 90.5 Å². The summed E-state index contributed by atoms with van der Waals surface area (Å²) in [5, 5.41) is 0. The van der Waals surface area contributed by atoms with Gasteiger partial charge in [0.15, 0.2) is 0 Å². The lowest BCUT2D eigenvalue weighted by Gasteiger charge is -2.48. The van der Waals surface area contributed by atoms with Gasteiger partial charge in [0.25, 0.3) is 0 Å². The van der Waals surface area contributed by atoms with E-state index in [-0.39, 0.29) is 5.41 Å². The van der Waals surface area contributed by atoms with Gasteiger partial charge in [0.05, 0.1) is 0 Å². The fourth-order valence-electron chi connectivity index (χ4n) is 4.41. The van der Waals surface area contributed by atoms with Gasteiger partial charge in [0.2, 0.25) is 5.79 Å². The standard InChI is InChI=1S/C25H42O2/c1-6-9-11-12-13-17-22-24(20-8-3,21-10-7-2)25(26-4,27-5)23-18-15-14-16-19-23/h10,14-16,18-19,21H,6-9,11-13,17,20,22H2,1-5H3. The molecule has 1 aromatic carbocycles. The minimum atomic E-state index is -0.751. The van der Waals surface area contributed by atoms with Crippen molar-refractivity contribution in [2.75, 3.05) is 14.2 Å². The van der Waals surface area contributed by atoms with Gasteiger partial charge in [0, 0.05) is 25.2 Å². The molecule has 0 saturated carbocycles. The van der Waals surface area contributed by atoms with Crippen LogP contribution in [0.15, 0.2) is 42.5 Å². The van der Waals surface area contributed by atoms with Crippen molar-refractivity contribution in [2.24, 2.45) is 5.41 Å². The zero-order chi connectivity index (χ0) is 20.0. The summed E-state index contributed by atoms with van der Waals surface area (Å²) in [4.78, 5) is 0. The number of unbranched alkanes of at least 4 members (excludes halogenated alkanes) is 5. The minimum absolute atomic E-state index is 0.159. The first kappa shape index (κ1) is 23.9. The normalized spacial score (nSPS) is 14.6. The van der Waals surface area contributed by atoms with Gasteiger partial charge < -0.3 is 9.47 Å². The van der Waals surface area contributed by atoms with E-state index in [0.717, 1.165) is 31.2 Å². The first-order valence-electron chi connectivity index (χ1n) is 11.0. The average Bonchev–Trinajstić information content (AvgIpc) is 2.71. The third kappa shape index (κ3) is 6.19. The summed E-state index contributed by atoms with van der Waals surface area (Å²) < 4.78 is 12.4. The smallest absolute Gasteiger partial charge is 0.203 e. The number of ether oxygens (including phenoxy) is 2. The molecule has 1 rings (SSSR count). The molecule has 0 aromatic heterocycles. The molecular weight excluding hydrogens is 332 g/mol. The van der Waals surface area contributed by atoms with Crippen LogP contribution in [0.2, 0.25) is 0 Å². The van der Waals surface area contributed by atoms with E-state index in [0.29, 0.717) is 0 Å². The van der Waals surface area contributed by atoms with Gasteiger partial charge in [-0.05, 0) is 19.3 Å². The molecule has 0 spiro atoms. The summed E-state index contributed by atoms with van der Waals surface area (Å²) in [7, 11) is 3.59. The fraction of sp³-hybridized carbons (Fsp3) is 0.680. The molecule has 0 aliphatic heterocycles. The van der Waals surface area contributed by atoms with Crippen LogP contribution in [0.5, 0.6) is 0 Å². The van der Waals surface area contributed by atoms with E-state index in [1.54, 1.807) is 14.2 Å². The van der Waals surface area contributed by atoms with Crippen molar-refractivity contribution in [3.8, 4) is 0 Å². The topological polar surface area (TPSA) is 18.5 Å². The summed E-state index contributed by atoms with van der Waals surface area (Å²) in [5.41, 5.74) is 0.947. The van der Waals surface area contributed by atoms with Gasteiger partial charge in [-0.1, -0.05) is 108 Å². The molecule has 154 valence electrons. The van der Waals surface area contributed by atoms with Crippen molar-refractivity contribution in [3.63, 3.8) is 0 Å². The monoisotopic (exact) mass is 374 g/mol. The van der Waals surface area contributed by atoms with Gasteiger partial charge in [-0.3, -0.25) is 0 Å². The number of benzene rings is 1. The van der Waals surface area contributed by atoms with Crippen LogP contribution in [-0.4, -0.2) is 14.2 Å². The Morgan fingerprint density at radius 1 is 0.778 bits per heavy atom. The Hall–Kier alpha value is -1.12. The summed E-state index contributed by atoms with van der Waals surface area (Å²) in [5.74, 6) is -0.751. The number of methoxy groups -OCH3 is 2. The van der Waals surface area contributed by atoms with Crippen LogP contribution in [0, 0.1) is 5.41 Å². The molecule has 2 heteroatoms. The third-order valence-corrected chi connectivity index (χ3v) is 5.73. The zero-order valence-electron chi connectivity index (χ0n) is 18.4. The van der Waals surface area contributed by atoms with Crippen molar-refractivity contribution in [1.82, 2.24) is 0 Å². The molecule has 1 atom stereocenters. The van der Waals surface area contributed by atoms with E-state index >= 15 is 0 Å². The second kappa shape index (κ2) is 13.1. The van der Waals surface area contributed by atoms with Crippen LogP contribution in [-0.2, 0) is 15.3 Å². The Bertz CT molecular complexity index is 504. The Morgan fingerprint density at radius 3 is 1.96 bits per heavy atom. The molecule has 0 heterocycles. The number of allylic oxidation sites excluding steroid dienone is 1. The Kier molecular flexibility index (Phi) is 11.6. The molecule has 0 radical (unpaired) electrons. The predicted octanol–water partition coefficient (Wildman–Crippen LogP) is 7.64. The summed E-state index contributed by atoms with van der Waals surface area (Å²) in [6, 6.07) is 10.5. The predicted molar refractivity (Wildman–Crippen MR) is 117 cm³/mol. The van der Waals surface area contributed by atoms with E-state index in [9.17, 15) is 0 Å². The molecule has 1 aromatic rings. The van der Waals surface area contributed by atoms with Gasteiger partial charge in [0.1, 0.15) is 0 Å². The molecule has 27 heavy (non-hydrogen) atoms. The van der Waals surface area contributed by atoms with E-state index in [1.807, 2.05) is 0 Å². The maximum Gasteiger partial charge on any atom is 0.203 e. The molecule has 0 saturated heterocycles. The van der Waals surface area contributed by atoms with Gasteiger partial charge in [-0.25, -0.2) is 0 Å². The molecule has 0 N–H and O–H groups in total. The molecule has 0 fully saturated rings. The van der Waals surface area contributed by atoms with Crippen molar-refractivity contribution in [3.05, 3.63) is 48.0 Å². The molecule has 2 nitrogen and oxygen atoms in total. The Labute approximate surface area is 168 Å². The van der Waals surface area contributed by atoms with Gasteiger partial charge in [-0.2, -0.15) is 0 Å². The molecule has 0 aliphatic carbocycles. The van der Waals surface area contributed by atoms with E-state index in [2.05, 4.69) is 63.3 Å². The SMILES string of the molecule is CCC=CC(CCC)(CCCCCCCC)C(OC)(OC)c1ccccc1. The van der Waals surface area contributed by atoms with E-state index in [1.165, 1.54) is 38.5 Å². The molecule has 1 unspecified atom stereocenters. The average molecular weight is 375 g/mol. The van der Waals surface area contributed by atoms with Crippen LogP contribution in [0.25, 0.3) is 0 Å². The lowest BCUT2D eigenvalue weighted by atomic mass is 9.68. The molecule has 0 aliphatic rings. The highest BCUT2D eigenvalue weighted by Gasteiger charge is 2.51. The molecule has 0 amide bonds. The zero-order valence-corrected chi connectivity index (χ0v) is 18.4. The lowest BCUT2D eigenvalue weighted by molar-refractivity contribution is -0.278. The van der Waals surface area contributed by atoms with E-state index in [4.69, 9.17) is 9.47 Å². The highest BCUT2D eigenvalue weighted by molar-refractivity contribution is 5.26.